The van der Waals surface area contributed by atoms with Crippen molar-refractivity contribution >= 4 is 31.9 Å². The zero-order chi connectivity index (χ0) is 14.0. The first-order valence-electron chi connectivity index (χ1n) is 5.91. The van der Waals surface area contributed by atoms with Crippen LogP contribution in [-0.2, 0) is 0 Å². The van der Waals surface area contributed by atoms with Gasteiger partial charge < -0.3 is 5.32 Å². The van der Waals surface area contributed by atoms with Crippen LogP contribution in [0.5, 0.6) is 0 Å². The summed E-state index contributed by atoms with van der Waals surface area (Å²) in [4.78, 5) is 0. The van der Waals surface area contributed by atoms with Crippen LogP contribution in [0.3, 0.4) is 0 Å². The Morgan fingerprint density at radius 3 is 2.47 bits per heavy atom. The Morgan fingerprint density at radius 2 is 1.84 bits per heavy atom. The highest BCUT2D eigenvalue weighted by atomic mass is 79.9. The molecule has 0 amide bonds. The Labute approximate surface area is 129 Å². The molecule has 0 aliphatic carbocycles. The smallest absolute Gasteiger partial charge is 0.137 e. The van der Waals surface area contributed by atoms with Crippen LogP contribution in [0.15, 0.2) is 45.3 Å². The fraction of sp³-hybridized carbons (Fsp3) is 0.200. The lowest BCUT2D eigenvalue weighted by Gasteiger charge is -2.20. The molecule has 0 saturated heterocycles. The van der Waals surface area contributed by atoms with Gasteiger partial charge in [0.2, 0.25) is 0 Å². The molecule has 1 atom stereocenters. The molecule has 0 aliphatic heterocycles. The maximum atomic E-state index is 13.3. The summed E-state index contributed by atoms with van der Waals surface area (Å²) in [5, 5.41) is 3.29. The van der Waals surface area contributed by atoms with Gasteiger partial charge in [-0.1, -0.05) is 28.1 Å². The predicted octanol–water partition coefficient (Wildman–Crippen LogP) is 4.97. The molecule has 1 unspecified atom stereocenters. The van der Waals surface area contributed by atoms with Crippen LogP contribution >= 0.6 is 31.9 Å². The van der Waals surface area contributed by atoms with Crippen molar-refractivity contribution in [1.29, 1.82) is 0 Å². The molecule has 0 fully saturated rings. The third-order valence-corrected chi connectivity index (χ3v) is 4.22. The number of nitrogens with one attached hydrogen (secondary N) is 1. The Hall–Kier alpha value is -0.710. The maximum absolute atomic E-state index is 13.3. The summed E-state index contributed by atoms with van der Waals surface area (Å²) in [5.74, 6) is -0.246. The molecular weight excluding hydrogens is 373 g/mol. The molecular formula is C15H14Br2FN. The van der Waals surface area contributed by atoms with E-state index in [1.54, 1.807) is 0 Å². The van der Waals surface area contributed by atoms with E-state index in [9.17, 15) is 4.39 Å². The normalized spacial score (nSPS) is 12.5. The van der Waals surface area contributed by atoms with Gasteiger partial charge in [-0.05, 0) is 70.9 Å². The predicted molar refractivity (Wildman–Crippen MR) is 83.9 cm³/mol. The number of benzene rings is 2. The van der Waals surface area contributed by atoms with Gasteiger partial charge in [-0.3, -0.25) is 0 Å². The second kappa shape index (κ2) is 6.16. The highest BCUT2D eigenvalue weighted by molar-refractivity contribution is 9.10. The number of halogens is 3. The second-order valence-electron chi connectivity index (χ2n) is 4.40. The van der Waals surface area contributed by atoms with Gasteiger partial charge in [0.05, 0.1) is 10.5 Å². The summed E-state index contributed by atoms with van der Waals surface area (Å²) in [6, 6.07) is 11.3. The lowest BCUT2D eigenvalue weighted by molar-refractivity contribution is 0.616. The topological polar surface area (TPSA) is 12.0 Å². The van der Waals surface area contributed by atoms with Crippen LogP contribution in [0.1, 0.15) is 22.7 Å². The average Bonchev–Trinajstić information content (AvgIpc) is 2.38. The molecule has 1 nitrogen and oxygen atoms in total. The van der Waals surface area contributed by atoms with Crippen molar-refractivity contribution in [3.05, 3.63) is 67.9 Å². The number of hydrogen-bond acceptors (Lipinski definition) is 1. The second-order valence-corrected chi connectivity index (χ2v) is 6.17. The van der Waals surface area contributed by atoms with E-state index >= 15 is 0 Å². The molecule has 0 aliphatic rings. The zero-order valence-corrected chi connectivity index (χ0v) is 13.8. The average molecular weight is 387 g/mol. The fourth-order valence-corrected chi connectivity index (χ4v) is 2.89. The fourth-order valence-electron chi connectivity index (χ4n) is 2.12. The molecule has 100 valence electrons. The molecule has 0 heterocycles. The van der Waals surface area contributed by atoms with Crippen LogP contribution in [0.2, 0.25) is 0 Å². The van der Waals surface area contributed by atoms with Gasteiger partial charge in [-0.25, -0.2) is 4.39 Å². The van der Waals surface area contributed by atoms with Crippen molar-refractivity contribution in [2.75, 3.05) is 7.05 Å². The lowest BCUT2D eigenvalue weighted by atomic mass is 9.95. The monoisotopic (exact) mass is 385 g/mol. The summed E-state index contributed by atoms with van der Waals surface area (Å²) in [7, 11) is 1.91. The van der Waals surface area contributed by atoms with Gasteiger partial charge in [-0.2, -0.15) is 0 Å². The van der Waals surface area contributed by atoms with E-state index in [4.69, 9.17) is 0 Å². The van der Waals surface area contributed by atoms with Gasteiger partial charge in [0.25, 0.3) is 0 Å². The van der Waals surface area contributed by atoms with Crippen LogP contribution in [0, 0.1) is 12.7 Å². The number of aryl methyl sites for hydroxylation is 1. The summed E-state index contributed by atoms with van der Waals surface area (Å²) in [5.41, 5.74) is 3.40. The summed E-state index contributed by atoms with van der Waals surface area (Å²) in [6.45, 7) is 2.07. The first-order valence-corrected chi connectivity index (χ1v) is 7.50. The van der Waals surface area contributed by atoms with E-state index in [1.807, 2.05) is 25.2 Å². The van der Waals surface area contributed by atoms with Crippen molar-refractivity contribution in [2.24, 2.45) is 0 Å². The van der Waals surface area contributed by atoms with Crippen molar-refractivity contribution in [3.8, 4) is 0 Å². The molecule has 0 bridgehead atoms. The van der Waals surface area contributed by atoms with Crippen LogP contribution < -0.4 is 5.32 Å². The molecule has 0 spiro atoms. The first-order chi connectivity index (χ1) is 9.02. The molecule has 2 aromatic carbocycles. The number of rotatable bonds is 3. The Kier molecular flexibility index (Phi) is 4.76. The first kappa shape index (κ1) is 14.7. The molecule has 1 N–H and O–H groups in total. The van der Waals surface area contributed by atoms with Gasteiger partial charge in [0.1, 0.15) is 5.82 Å². The molecule has 0 radical (unpaired) electrons. The highest BCUT2D eigenvalue weighted by Crippen LogP contribution is 2.29. The minimum absolute atomic E-state index is 0.0365. The zero-order valence-electron chi connectivity index (χ0n) is 10.7. The van der Waals surface area contributed by atoms with Crippen molar-refractivity contribution < 1.29 is 4.39 Å². The summed E-state index contributed by atoms with van der Waals surface area (Å²) >= 11 is 6.73. The summed E-state index contributed by atoms with van der Waals surface area (Å²) in [6.07, 6.45) is 0. The molecule has 4 heteroatoms. The minimum Gasteiger partial charge on any atom is -0.309 e. The number of hydrogen-bond donors (Lipinski definition) is 1. The molecule has 2 aromatic rings. The third-order valence-electron chi connectivity index (χ3n) is 3.12. The van der Waals surface area contributed by atoms with E-state index < -0.39 is 0 Å². The standard InChI is InChI=1S/C15H14Br2FN/c1-9-3-5-11(16)8-12(9)15(19-2)10-4-6-14(18)13(17)7-10/h3-8,15,19H,1-2H3. The van der Waals surface area contributed by atoms with E-state index in [-0.39, 0.29) is 11.9 Å². The SMILES string of the molecule is CNC(c1ccc(F)c(Br)c1)c1cc(Br)ccc1C. The van der Waals surface area contributed by atoms with Gasteiger partial charge in [-0.15, -0.1) is 0 Å². The van der Waals surface area contributed by atoms with E-state index in [2.05, 4.69) is 56.2 Å². The minimum atomic E-state index is -0.246. The van der Waals surface area contributed by atoms with Gasteiger partial charge in [0, 0.05) is 4.47 Å². The van der Waals surface area contributed by atoms with Crippen molar-refractivity contribution in [2.45, 2.75) is 13.0 Å². The Bertz CT molecular complexity index is 599. The van der Waals surface area contributed by atoms with Crippen molar-refractivity contribution in [1.82, 2.24) is 5.32 Å². The van der Waals surface area contributed by atoms with Gasteiger partial charge >= 0.3 is 0 Å². The van der Waals surface area contributed by atoms with Crippen LogP contribution in [-0.4, -0.2) is 7.05 Å². The lowest BCUT2D eigenvalue weighted by Crippen LogP contribution is -2.18. The Balaban J connectivity index is 2.49. The largest absolute Gasteiger partial charge is 0.309 e. The Morgan fingerprint density at radius 1 is 1.11 bits per heavy atom. The van der Waals surface area contributed by atoms with Crippen LogP contribution in [0.25, 0.3) is 0 Å². The molecule has 0 aromatic heterocycles. The highest BCUT2D eigenvalue weighted by Gasteiger charge is 2.15. The maximum Gasteiger partial charge on any atom is 0.137 e. The van der Waals surface area contributed by atoms with Crippen LogP contribution in [0.4, 0.5) is 4.39 Å². The molecule has 0 saturated carbocycles. The quantitative estimate of drug-likeness (QED) is 0.785. The van der Waals surface area contributed by atoms with Gasteiger partial charge in [0.15, 0.2) is 0 Å². The van der Waals surface area contributed by atoms with Crippen molar-refractivity contribution in [3.63, 3.8) is 0 Å². The molecule has 2 rings (SSSR count). The molecule has 19 heavy (non-hydrogen) atoms. The van der Waals surface area contributed by atoms with E-state index in [1.165, 1.54) is 17.2 Å². The third kappa shape index (κ3) is 3.25. The summed E-state index contributed by atoms with van der Waals surface area (Å²) < 4.78 is 14.9. The van der Waals surface area contributed by atoms with E-state index in [0.717, 1.165) is 10.0 Å². The van der Waals surface area contributed by atoms with E-state index in [0.29, 0.717) is 4.47 Å².